The Morgan fingerprint density at radius 3 is 2.21 bits per heavy atom. The molecule has 0 saturated carbocycles. The summed E-state index contributed by atoms with van der Waals surface area (Å²) in [5.74, 6) is -1.39. The van der Waals surface area contributed by atoms with E-state index in [4.69, 9.17) is 0 Å². The Morgan fingerprint density at radius 1 is 0.947 bits per heavy atom. The Balaban J connectivity index is 1.99. The van der Waals surface area contributed by atoms with Crippen molar-refractivity contribution in [3.8, 4) is 11.1 Å². The zero-order valence-corrected chi connectivity index (χ0v) is 23.4. The number of nitrogens with zero attached hydrogens (tertiary/aromatic N) is 2. The first kappa shape index (κ1) is 29.1. The van der Waals surface area contributed by atoms with Crippen LogP contribution in [-0.2, 0) is 16.1 Å². The molecule has 6 heteroatoms. The summed E-state index contributed by atoms with van der Waals surface area (Å²) in [6, 6.07) is 16.7. The van der Waals surface area contributed by atoms with Gasteiger partial charge in [-0.2, -0.15) is 0 Å². The van der Waals surface area contributed by atoms with Gasteiger partial charge < -0.3 is 14.6 Å². The molecule has 3 rings (SSSR count). The highest BCUT2D eigenvalue weighted by atomic mass is 16.4. The van der Waals surface area contributed by atoms with Gasteiger partial charge in [0.15, 0.2) is 5.78 Å². The molecule has 1 unspecified atom stereocenters. The smallest absolute Gasteiger partial charge is 0.303 e. The van der Waals surface area contributed by atoms with Crippen molar-refractivity contribution in [2.75, 3.05) is 14.1 Å². The fraction of sp³-hybridized carbons (Fsp3) is 0.406. The van der Waals surface area contributed by atoms with Crippen LogP contribution in [0.5, 0.6) is 0 Å². The van der Waals surface area contributed by atoms with Crippen LogP contribution in [0.2, 0.25) is 0 Å². The minimum atomic E-state index is -0.953. The fourth-order valence-corrected chi connectivity index (χ4v) is 5.21. The molecule has 0 aliphatic carbocycles. The molecule has 0 fully saturated rings. The number of carbonyl (C=O) groups is 2. The van der Waals surface area contributed by atoms with Crippen LogP contribution in [0.3, 0.4) is 0 Å². The lowest BCUT2D eigenvalue weighted by atomic mass is 9.85. The van der Waals surface area contributed by atoms with Gasteiger partial charge >= 0.3 is 5.97 Å². The highest BCUT2D eigenvalue weighted by Crippen LogP contribution is 2.33. The van der Waals surface area contributed by atoms with Crippen molar-refractivity contribution in [1.82, 2.24) is 9.47 Å². The number of hydrogen-bond acceptors (Lipinski definition) is 4. The first-order chi connectivity index (χ1) is 18.0. The largest absolute Gasteiger partial charge is 0.481 e. The molecule has 1 aromatic heterocycles. The van der Waals surface area contributed by atoms with Gasteiger partial charge in [0.05, 0.1) is 12.5 Å². The molecule has 1 N–H and O–H groups in total. The number of benzene rings is 2. The van der Waals surface area contributed by atoms with Gasteiger partial charge in [-0.3, -0.25) is 14.4 Å². The van der Waals surface area contributed by atoms with Gasteiger partial charge in [-0.15, -0.1) is 0 Å². The highest BCUT2D eigenvalue weighted by molar-refractivity contribution is 5.84. The third kappa shape index (κ3) is 7.51. The zero-order valence-electron chi connectivity index (χ0n) is 23.4. The summed E-state index contributed by atoms with van der Waals surface area (Å²) in [6.07, 6.45) is 2.17. The standard InChI is InChI=1S/C32H40N2O4/c1-21(2)15-28(34-20-24(19-33(5)6)13-14-30(34)36)29(35)17-27(18-31(37)38)25-11-8-12-26(16-25)32-22(3)9-7-10-23(32)4/h7-14,16,20-21,27-28H,15,17-19H2,1-6H3,(H,37,38)/t27-,28?/m0/s1. The van der Waals surface area contributed by atoms with Crippen LogP contribution in [0.25, 0.3) is 11.1 Å². The predicted molar refractivity (Wildman–Crippen MR) is 153 cm³/mol. The number of ketones is 1. The Kier molecular flexibility index (Phi) is 9.81. The van der Waals surface area contributed by atoms with Crippen LogP contribution in [0.1, 0.15) is 67.3 Å². The van der Waals surface area contributed by atoms with Gasteiger partial charge in [-0.25, -0.2) is 0 Å². The van der Waals surface area contributed by atoms with E-state index >= 15 is 0 Å². The summed E-state index contributed by atoms with van der Waals surface area (Å²) in [7, 11) is 3.91. The molecule has 38 heavy (non-hydrogen) atoms. The van der Waals surface area contributed by atoms with Gasteiger partial charge in [-0.05, 0) is 73.7 Å². The topological polar surface area (TPSA) is 79.6 Å². The fourth-order valence-electron chi connectivity index (χ4n) is 5.21. The van der Waals surface area contributed by atoms with E-state index in [9.17, 15) is 19.5 Å². The third-order valence-electron chi connectivity index (χ3n) is 6.90. The number of aliphatic carboxylic acids is 1. The maximum atomic E-state index is 13.8. The molecule has 0 spiro atoms. The summed E-state index contributed by atoms with van der Waals surface area (Å²) in [4.78, 5) is 40.6. The molecule has 3 aromatic rings. The lowest BCUT2D eigenvalue weighted by molar-refractivity contribution is -0.137. The van der Waals surface area contributed by atoms with Crippen molar-refractivity contribution in [1.29, 1.82) is 0 Å². The average Bonchev–Trinajstić information content (AvgIpc) is 2.83. The summed E-state index contributed by atoms with van der Waals surface area (Å²) < 4.78 is 1.55. The van der Waals surface area contributed by atoms with Crippen LogP contribution in [-0.4, -0.2) is 40.4 Å². The molecular weight excluding hydrogens is 476 g/mol. The minimum Gasteiger partial charge on any atom is -0.481 e. The monoisotopic (exact) mass is 516 g/mol. The van der Waals surface area contributed by atoms with Gasteiger partial charge in [0, 0.05) is 31.1 Å². The molecule has 0 bridgehead atoms. The van der Waals surface area contributed by atoms with E-state index in [0.717, 1.165) is 33.4 Å². The van der Waals surface area contributed by atoms with Crippen LogP contribution in [0.15, 0.2) is 65.6 Å². The van der Waals surface area contributed by atoms with Crippen molar-refractivity contribution in [2.45, 2.75) is 65.5 Å². The Hall–Kier alpha value is -3.51. The van der Waals surface area contributed by atoms with Crippen molar-refractivity contribution < 1.29 is 14.7 Å². The molecule has 0 saturated heterocycles. The summed E-state index contributed by atoms with van der Waals surface area (Å²) >= 11 is 0. The molecule has 2 aromatic carbocycles. The summed E-state index contributed by atoms with van der Waals surface area (Å²) in [6.45, 7) is 8.82. The molecule has 0 radical (unpaired) electrons. The molecule has 2 atom stereocenters. The number of rotatable bonds is 12. The van der Waals surface area contributed by atoms with Gasteiger partial charge in [0.25, 0.3) is 5.56 Å². The summed E-state index contributed by atoms with van der Waals surface area (Å²) in [5.41, 5.74) is 5.95. The van der Waals surface area contributed by atoms with Crippen LogP contribution >= 0.6 is 0 Å². The van der Waals surface area contributed by atoms with E-state index in [-0.39, 0.29) is 30.1 Å². The predicted octanol–water partition coefficient (Wildman–Crippen LogP) is 6.00. The number of Topliss-reactive ketones (excluding diaryl/α,β-unsaturated/α-hetero) is 1. The van der Waals surface area contributed by atoms with Crippen molar-refractivity contribution in [3.63, 3.8) is 0 Å². The van der Waals surface area contributed by atoms with Crippen molar-refractivity contribution >= 4 is 11.8 Å². The lowest BCUT2D eigenvalue weighted by Crippen LogP contribution is -2.32. The Morgan fingerprint density at radius 2 is 1.61 bits per heavy atom. The van der Waals surface area contributed by atoms with E-state index in [0.29, 0.717) is 13.0 Å². The van der Waals surface area contributed by atoms with E-state index in [2.05, 4.69) is 26.0 Å². The molecular formula is C32H40N2O4. The molecule has 6 nitrogen and oxygen atoms in total. The Labute approximate surface area is 225 Å². The Bertz CT molecular complexity index is 1320. The van der Waals surface area contributed by atoms with Crippen molar-refractivity contribution in [3.05, 3.63) is 93.4 Å². The minimum absolute atomic E-state index is 0.0459. The normalized spacial score (nSPS) is 13.1. The maximum Gasteiger partial charge on any atom is 0.303 e. The van der Waals surface area contributed by atoms with Gasteiger partial charge in [0.1, 0.15) is 0 Å². The van der Waals surface area contributed by atoms with Gasteiger partial charge in [-0.1, -0.05) is 62.4 Å². The molecule has 1 heterocycles. The first-order valence-electron chi connectivity index (χ1n) is 13.2. The maximum absolute atomic E-state index is 13.8. The highest BCUT2D eigenvalue weighted by Gasteiger charge is 2.28. The number of aromatic nitrogens is 1. The number of carboxylic acids is 1. The van der Waals surface area contributed by atoms with E-state index in [1.54, 1.807) is 16.8 Å². The van der Waals surface area contributed by atoms with E-state index < -0.39 is 17.9 Å². The number of hydrogen-bond donors (Lipinski definition) is 1. The molecule has 0 aliphatic heterocycles. The number of pyridine rings is 1. The summed E-state index contributed by atoms with van der Waals surface area (Å²) in [5, 5.41) is 9.73. The number of carbonyl (C=O) groups excluding carboxylic acids is 1. The second kappa shape index (κ2) is 12.8. The number of aryl methyl sites for hydroxylation is 2. The van der Waals surface area contributed by atoms with E-state index in [1.165, 1.54) is 6.07 Å². The lowest BCUT2D eigenvalue weighted by Gasteiger charge is -2.24. The van der Waals surface area contributed by atoms with E-state index in [1.807, 2.05) is 63.2 Å². The molecule has 0 amide bonds. The van der Waals surface area contributed by atoms with Crippen LogP contribution in [0, 0.1) is 19.8 Å². The third-order valence-corrected chi connectivity index (χ3v) is 6.90. The number of carboxylic acid groups (broad SMARTS) is 1. The average molecular weight is 517 g/mol. The van der Waals surface area contributed by atoms with Gasteiger partial charge in [0.2, 0.25) is 0 Å². The molecule has 202 valence electrons. The van der Waals surface area contributed by atoms with Crippen LogP contribution in [0.4, 0.5) is 0 Å². The second-order valence-electron chi connectivity index (χ2n) is 11.0. The second-order valence-corrected chi connectivity index (χ2v) is 11.0. The van der Waals surface area contributed by atoms with Crippen LogP contribution < -0.4 is 5.56 Å². The first-order valence-corrected chi connectivity index (χ1v) is 13.2. The SMILES string of the molecule is Cc1cccc(C)c1-c1cccc([C@H](CC(=O)O)CC(=O)C(CC(C)C)n2cc(CN(C)C)ccc2=O)c1. The molecule has 0 aliphatic rings. The quantitative estimate of drug-likeness (QED) is 0.319. The zero-order chi connectivity index (χ0) is 28.0. The van der Waals surface area contributed by atoms with Crippen molar-refractivity contribution in [2.24, 2.45) is 5.92 Å².